The molecule has 0 unspecified atom stereocenters. The number of aryl methyl sites for hydroxylation is 1. The molecule has 0 radical (unpaired) electrons. The second kappa shape index (κ2) is 7.41. The quantitative estimate of drug-likeness (QED) is 0.576. The van der Waals surface area contributed by atoms with E-state index >= 15 is 0 Å². The lowest BCUT2D eigenvalue weighted by Gasteiger charge is -2.12. The SMILES string of the molecule is O=C(O)OCCOc1nc2ccccc2n(CCCO)c1=O. The highest BCUT2D eigenvalue weighted by molar-refractivity contribution is 5.75. The molecule has 0 spiro atoms. The van der Waals surface area contributed by atoms with Crippen molar-refractivity contribution in [2.75, 3.05) is 19.8 Å². The minimum atomic E-state index is -1.41. The van der Waals surface area contributed by atoms with Crippen molar-refractivity contribution in [1.82, 2.24) is 9.55 Å². The van der Waals surface area contributed by atoms with E-state index in [1.807, 2.05) is 0 Å². The van der Waals surface area contributed by atoms with Crippen LogP contribution >= 0.6 is 0 Å². The molecule has 1 heterocycles. The van der Waals surface area contributed by atoms with Crippen molar-refractivity contribution in [1.29, 1.82) is 0 Å². The second-order valence-corrected chi connectivity index (χ2v) is 4.40. The summed E-state index contributed by atoms with van der Waals surface area (Å²) in [7, 11) is 0. The molecular weight excluding hydrogens is 292 g/mol. The van der Waals surface area contributed by atoms with Gasteiger partial charge < -0.3 is 24.3 Å². The molecule has 8 heteroatoms. The number of aliphatic hydroxyl groups is 1. The number of aromatic nitrogens is 2. The molecule has 2 aromatic rings. The van der Waals surface area contributed by atoms with Gasteiger partial charge in [-0.2, -0.15) is 0 Å². The lowest BCUT2D eigenvalue weighted by Crippen LogP contribution is -2.25. The fourth-order valence-electron chi connectivity index (χ4n) is 1.98. The molecule has 22 heavy (non-hydrogen) atoms. The maximum atomic E-state index is 12.4. The zero-order valence-electron chi connectivity index (χ0n) is 11.8. The van der Waals surface area contributed by atoms with Gasteiger partial charge in [-0.05, 0) is 18.6 Å². The third-order valence-corrected chi connectivity index (χ3v) is 2.91. The Morgan fingerprint density at radius 2 is 2.05 bits per heavy atom. The van der Waals surface area contributed by atoms with Gasteiger partial charge in [0.2, 0.25) is 0 Å². The molecular formula is C14H16N2O6. The van der Waals surface area contributed by atoms with Crippen LogP contribution < -0.4 is 10.3 Å². The zero-order chi connectivity index (χ0) is 15.9. The van der Waals surface area contributed by atoms with E-state index in [1.165, 1.54) is 4.57 Å². The molecule has 0 aliphatic carbocycles. The van der Waals surface area contributed by atoms with Gasteiger partial charge in [0.05, 0.1) is 11.0 Å². The van der Waals surface area contributed by atoms with E-state index in [4.69, 9.17) is 14.9 Å². The number of fused-ring (bicyclic) bond motifs is 1. The summed E-state index contributed by atoms with van der Waals surface area (Å²) in [5.41, 5.74) is 0.798. The number of nitrogens with zero attached hydrogens (tertiary/aromatic N) is 2. The second-order valence-electron chi connectivity index (χ2n) is 4.40. The van der Waals surface area contributed by atoms with E-state index in [2.05, 4.69) is 9.72 Å². The number of aliphatic hydroxyl groups excluding tert-OH is 1. The van der Waals surface area contributed by atoms with Crippen LogP contribution in [-0.4, -0.2) is 45.7 Å². The molecule has 0 aliphatic heterocycles. The van der Waals surface area contributed by atoms with Gasteiger partial charge in [-0.25, -0.2) is 9.78 Å². The number of carboxylic acid groups (broad SMARTS) is 1. The fourth-order valence-corrected chi connectivity index (χ4v) is 1.98. The Bertz CT molecular complexity index is 712. The van der Waals surface area contributed by atoms with Gasteiger partial charge in [0.1, 0.15) is 13.2 Å². The largest absolute Gasteiger partial charge is 0.505 e. The molecule has 0 saturated heterocycles. The van der Waals surface area contributed by atoms with Crippen LogP contribution in [0, 0.1) is 0 Å². The van der Waals surface area contributed by atoms with Gasteiger partial charge in [0.15, 0.2) is 0 Å². The Morgan fingerprint density at radius 1 is 1.27 bits per heavy atom. The van der Waals surface area contributed by atoms with Crippen molar-refractivity contribution in [3.8, 4) is 5.88 Å². The predicted molar refractivity (Wildman–Crippen MR) is 77.2 cm³/mol. The Labute approximate surface area is 125 Å². The van der Waals surface area contributed by atoms with Gasteiger partial charge in [-0.3, -0.25) is 4.79 Å². The first-order valence-electron chi connectivity index (χ1n) is 6.72. The molecule has 8 nitrogen and oxygen atoms in total. The standard InChI is InChI=1S/C14H16N2O6/c17-7-3-6-16-11-5-2-1-4-10(11)15-12(13(16)18)21-8-9-22-14(19)20/h1-2,4-5,17H,3,6-9H2,(H,19,20). The van der Waals surface area contributed by atoms with Crippen LogP contribution in [0.4, 0.5) is 4.79 Å². The van der Waals surface area contributed by atoms with E-state index in [1.54, 1.807) is 24.3 Å². The summed E-state index contributed by atoms with van der Waals surface area (Å²) in [6.07, 6.45) is -0.981. The molecule has 2 rings (SSSR count). The summed E-state index contributed by atoms with van der Waals surface area (Å²) in [5.74, 6) is -0.120. The van der Waals surface area contributed by atoms with Crippen LogP contribution in [0.25, 0.3) is 11.0 Å². The Kier molecular flexibility index (Phi) is 5.31. The number of carbonyl (C=O) groups is 1. The van der Waals surface area contributed by atoms with Crippen LogP contribution in [0.15, 0.2) is 29.1 Å². The molecule has 0 atom stereocenters. The van der Waals surface area contributed by atoms with Crippen molar-refractivity contribution < 1.29 is 24.5 Å². The first-order chi connectivity index (χ1) is 10.6. The lowest BCUT2D eigenvalue weighted by molar-refractivity contribution is 0.0771. The highest BCUT2D eigenvalue weighted by atomic mass is 16.7. The number of benzene rings is 1. The minimum Gasteiger partial charge on any atom is -0.470 e. The predicted octanol–water partition coefficient (Wildman–Crippen LogP) is 0.852. The van der Waals surface area contributed by atoms with E-state index in [0.29, 0.717) is 24.0 Å². The zero-order valence-corrected chi connectivity index (χ0v) is 11.8. The first kappa shape index (κ1) is 15.8. The van der Waals surface area contributed by atoms with Gasteiger partial charge in [0.25, 0.3) is 5.88 Å². The summed E-state index contributed by atoms with van der Waals surface area (Å²) in [6.45, 7) is -0.00111. The van der Waals surface area contributed by atoms with E-state index in [9.17, 15) is 9.59 Å². The van der Waals surface area contributed by atoms with Crippen LogP contribution in [0.3, 0.4) is 0 Å². The lowest BCUT2D eigenvalue weighted by atomic mass is 10.3. The Balaban J connectivity index is 2.28. The van der Waals surface area contributed by atoms with E-state index in [0.717, 1.165) is 0 Å². The van der Waals surface area contributed by atoms with E-state index in [-0.39, 0.29) is 25.7 Å². The topological polar surface area (TPSA) is 111 Å². The molecule has 0 saturated carbocycles. The van der Waals surface area contributed by atoms with Gasteiger partial charge in [-0.15, -0.1) is 0 Å². The third kappa shape index (κ3) is 3.73. The summed E-state index contributed by atoms with van der Waals surface area (Å²) in [6, 6.07) is 7.08. The van der Waals surface area contributed by atoms with Crippen LogP contribution in [0.1, 0.15) is 6.42 Å². The van der Waals surface area contributed by atoms with Crippen molar-refractivity contribution in [2.24, 2.45) is 0 Å². The maximum Gasteiger partial charge on any atom is 0.505 e. The fraction of sp³-hybridized carbons (Fsp3) is 0.357. The monoisotopic (exact) mass is 308 g/mol. The molecule has 118 valence electrons. The van der Waals surface area contributed by atoms with Crippen molar-refractivity contribution in [2.45, 2.75) is 13.0 Å². The average molecular weight is 308 g/mol. The number of hydrogen-bond donors (Lipinski definition) is 2. The number of ether oxygens (including phenoxy) is 2. The van der Waals surface area contributed by atoms with Gasteiger partial charge in [-0.1, -0.05) is 12.1 Å². The Morgan fingerprint density at radius 3 is 2.77 bits per heavy atom. The molecule has 1 aromatic carbocycles. The molecule has 0 bridgehead atoms. The molecule has 0 amide bonds. The molecule has 0 aliphatic rings. The Hall–Kier alpha value is -2.61. The summed E-state index contributed by atoms with van der Waals surface area (Å²) >= 11 is 0. The average Bonchev–Trinajstić information content (AvgIpc) is 2.51. The van der Waals surface area contributed by atoms with Crippen molar-refractivity contribution in [3.05, 3.63) is 34.6 Å². The van der Waals surface area contributed by atoms with Gasteiger partial charge >= 0.3 is 11.7 Å². The number of para-hydroxylation sites is 2. The summed E-state index contributed by atoms with van der Waals surface area (Å²) < 4.78 is 11.0. The normalized spacial score (nSPS) is 10.6. The van der Waals surface area contributed by atoms with Crippen LogP contribution in [0.5, 0.6) is 5.88 Å². The highest BCUT2D eigenvalue weighted by Gasteiger charge is 2.12. The third-order valence-electron chi connectivity index (χ3n) is 2.91. The number of rotatable bonds is 7. The maximum absolute atomic E-state index is 12.4. The van der Waals surface area contributed by atoms with Gasteiger partial charge in [0, 0.05) is 13.2 Å². The summed E-state index contributed by atoms with van der Waals surface area (Å²) in [4.78, 5) is 26.7. The molecule has 0 fully saturated rings. The van der Waals surface area contributed by atoms with Crippen molar-refractivity contribution in [3.63, 3.8) is 0 Å². The van der Waals surface area contributed by atoms with Crippen molar-refractivity contribution >= 4 is 17.2 Å². The highest BCUT2D eigenvalue weighted by Crippen LogP contribution is 2.13. The molecule has 2 N–H and O–H groups in total. The minimum absolute atomic E-state index is 0.0360. The van der Waals surface area contributed by atoms with E-state index < -0.39 is 11.7 Å². The van der Waals surface area contributed by atoms with Crippen LogP contribution in [-0.2, 0) is 11.3 Å². The first-order valence-corrected chi connectivity index (χ1v) is 6.72. The van der Waals surface area contributed by atoms with Crippen LogP contribution in [0.2, 0.25) is 0 Å². The molecule has 1 aromatic heterocycles. The summed E-state index contributed by atoms with van der Waals surface area (Å²) in [5, 5.41) is 17.3. The number of hydrogen-bond acceptors (Lipinski definition) is 6. The smallest absolute Gasteiger partial charge is 0.470 e.